The average molecular weight is 272 g/mol. The quantitative estimate of drug-likeness (QED) is 0.879. The first kappa shape index (κ1) is 14.2. The molecule has 0 saturated carbocycles. The molecule has 0 unspecified atom stereocenters. The molecule has 2 aromatic rings. The van der Waals surface area contributed by atoms with Crippen LogP contribution in [0.2, 0.25) is 0 Å². The topological polar surface area (TPSA) is 54.3 Å². The van der Waals surface area contributed by atoms with Crippen LogP contribution in [0.15, 0.2) is 53.1 Å². The Labute approximate surface area is 119 Å². The molecular formula is C16H20N2O2. The molecule has 0 atom stereocenters. The zero-order chi connectivity index (χ0) is 14.4. The highest BCUT2D eigenvalue weighted by Gasteiger charge is 2.20. The van der Waals surface area contributed by atoms with Crippen molar-refractivity contribution in [3.8, 4) is 0 Å². The zero-order valence-corrected chi connectivity index (χ0v) is 11.8. The fourth-order valence-corrected chi connectivity index (χ4v) is 1.94. The third-order valence-corrected chi connectivity index (χ3v) is 3.25. The van der Waals surface area contributed by atoms with E-state index >= 15 is 0 Å². The fourth-order valence-electron chi connectivity index (χ4n) is 1.94. The SMILES string of the molecule is CC(C)(CNC(=O)NCc1ccco1)c1ccccc1. The Morgan fingerprint density at radius 3 is 2.50 bits per heavy atom. The van der Waals surface area contributed by atoms with Crippen molar-refractivity contribution < 1.29 is 9.21 Å². The fraction of sp³-hybridized carbons (Fsp3) is 0.312. The van der Waals surface area contributed by atoms with Gasteiger partial charge >= 0.3 is 6.03 Å². The molecule has 0 bridgehead atoms. The van der Waals surface area contributed by atoms with Gasteiger partial charge in [0.25, 0.3) is 0 Å². The molecule has 0 saturated heterocycles. The van der Waals surface area contributed by atoms with Crippen LogP contribution < -0.4 is 10.6 Å². The van der Waals surface area contributed by atoms with Crippen molar-refractivity contribution in [2.75, 3.05) is 6.54 Å². The van der Waals surface area contributed by atoms with Gasteiger partial charge in [0.05, 0.1) is 12.8 Å². The van der Waals surface area contributed by atoms with E-state index < -0.39 is 0 Å². The number of carbonyl (C=O) groups is 1. The third kappa shape index (κ3) is 3.88. The molecule has 2 rings (SSSR count). The summed E-state index contributed by atoms with van der Waals surface area (Å²) < 4.78 is 5.16. The van der Waals surface area contributed by atoms with Crippen molar-refractivity contribution in [2.24, 2.45) is 0 Å². The van der Waals surface area contributed by atoms with Gasteiger partial charge in [0, 0.05) is 12.0 Å². The molecule has 0 aliphatic heterocycles. The van der Waals surface area contributed by atoms with Crippen LogP contribution in [0, 0.1) is 0 Å². The minimum absolute atomic E-state index is 0.108. The molecular weight excluding hydrogens is 252 g/mol. The second-order valence-electron chi connectivity index (χ2n) is 5.37. The predicted octanol–water partition coefficient (Wildman–Crippen LogP) is 3.06. The van der Waals surface area contributed by atoms with Gasteiger partial charge in [0.1, 0.15) is 5.76 Å². The lowest BCUT2D eigenvalue weighted by Crippen LogP contribution is -2.42. The largest absolute Gasteiger partial charge is 0.467 e. The van der Waals surface area contributed by atoms with E-state index in [2.05, 4.69) is 36.6 Å². The summed E-state index contributed by atoms with van der Waals surface area (Å²) >= 11 is 0. The van der Waals surface area contributed by atoms with Crippen molar-refractivity contribution in [1.82, 2.24) is 10.6 Å². The molecule has 20 heavy (non-hydrogen) atoms. The second-order valence-corrected chi connectivity index (χ2v) is 5.37. The van der Waals surface area contributed by atoms with Gasteiger partial charge in [0.2, 0.25) is 0 Å². The molecule has 0 aliphatic rings. The average Bonchev–Trinajstić information content (AvgIpc) is 2.97. The Hall–Kier alpha value is -2.23. The second kappa shape index (κ2) is 6.28. The van der Waals surface area contributed by atoms with Crippen LogP contribution in [-0.2, 0) is 12.0 Å². The number of hydrogen-bond donors (Lipinski definition) is 2. The van der Waals surface area contributed by atoms with E-state index in [9.17, 15) is 4.79 Å². The number of rotatable bonds is 5. The van der Waals surface area contributed by atoms with Crippen LogP contribution in [0.4, 0.5) is 4.79 Å². The first-order valence-corrected chi connectivity index (χ1v) is 6.67. The number of urea groups is 1. The molecule has 1 aromatic heterocycles. The minimum atomic E-state index is -0.189. The molecule has 2 amide bonds. The third-order valence-electron chi connectivity index (χ3n) is 3.25. The molecule has 0 radical (unpaired) electrons. The minimum Gasteiger partial charge on any atom is -0.467 e. The van der Waals surface area contributed by atoms with Crippen molar-refractivity contribution in [3.05, 3.63) is 60.1 Å². The van der Waals surface area contributed by atoms with Crippen LogP contribution >= 0.6 is 0 Å². The number of hydrogen-bond acceptors (Lipinski definition) is 2. The molecule has 0 aliphatic carbocycles. The predicted molar refractivity (Wildman–Crippen MR) is 78.4 cm³/mol. The van der Waals surface area contributed by atoms with Crippen molar-refractivity contribution >= 4 is 6.03 Å². The molecule has 4 nitrogen and oxygen atoms in total. The van der Waals surface area contributed by atoms with Gasteiger partial charge < -0.3 is 15.1 Å². The van der Waals surface area contributed by atoms with Crippen LogP contribution in [0.1, 0.15) is 25.2 Å². The monoisotopic (exact) mass is 272 g/mol. The number of furan rings is 1. The van der Waals surface area contributed by atoms with Gasteiger partial charge in [-0.1, -0.05) is 44.2 Å². The van der Waals surface area contributed by atoms with E-state index in [-0.39, 0.29) is 11.4 Å². The Bertz CT molecular complexity index is 533. The van der Waals surface area contributed by atoms with E-state index in [1.807, 2.05) is 24.3 Å². The molecule has 1 aromatic carbocycles. The van der Waals surface area contributed by atoms with Crippen molar-refractivity contribution in [3.63, 3.8) is 0 Å². The maximum atomic E-state index is 11.8. The van der Waals surface area contributed by atoms with E-state index in [4.69, 9.17) is 4.42 Å². The summed E-state index contributed by atoms with van der Waals surface area (Å²) in [4.78, 5) is 11.8. The highest BCUT2D eigenvalue weighted by molar-refractivity contribution is 5.73. The first-order chi connectivity index (χ1) is 9.58. The number of carbonyl (C=O) groups excluding carboxylic acids is 1. The number of benzene rings is 1. The maximum Gasteiger partial charge on any atom is 0.315 e. The van der Waals surface area contributed by atoms with Crippen molar-refractivity contribution in [2.45, 2.75) is 25.8 Å². The Morgan fingerprint density at radius 1 is 1.10 bits per heavy atom. The molecule has 1 heterocycles. The van der Waals surface area contributed by atoms with Crippen LogP contribution in [0.3, 0.4) is 0 Å². The molecule has 4 heteroatoms. The van der Waals surface area contributed by atoms with Gasteiger partial charge in [-0.05, 0) is 17.7 Å². The molecule has 0 spiro atoms. The lowest BCUT2D eigenvalue weighted by atomic mass is 9.85. The Balaban J connectivity index is 1.80. The van der Waals surface area contributed by atoms with E-state index in [1.165, 1.54) is 5.56 Å². The van der Waals surface area contributed by atoms with E-state index in [0.717, 1.165) is 5.76 Å². The van der Waals surface area contributed by atoms with Crippen LogP contribution in [0.5, 0.6) is 0 Å². The Kier molecular flexibility index (Phi) is 4.45. The maximum absolute atomic E-state index is 11.8. The number of amides is 2. The van der Waals surface area contributed by atoms with Crippen molar-refractivity contribution in [1.29, 1.82) is 0 Å². The van der Waals surface area contributed by atoms with Gasteiger partial charge in [-0.15, -0.1) is 0 Å². The summed E-state index contributed by atoms with van der Waals surface area (Å²) in [5.41, 5.74) is 1.09. The van der Waals surface area contributed by atoms with Gasteiger partial charge in [-0.3, -0.25) is 0 Å². The highest BCUT2D eigenvalue weighted by Crippen LogP contribution is 2.21. The summed E-state index contributed by atoms with van der Waals surface area (Å²) in [6.45, 7) is 5.18. The lowest BCUT2D eigenvalue weighted by molar-refractivity contribution is 0.237. The lowest BCUT2D eigenvalue weighted by Gasteiger charge is -2.25. The zero-order valence-electron chi connectivity index (χ0n) is 11.8. The van der Waals surface area contributed by atoms with Crippen LogP contribution in [0.25, 0.3) is 0 Å². The van der Waals surface area contributed by atoms with Gasteiger partial charge in [-0.2, -0.15) is 0 Å². The standard InChI is InChI=1S/C16H20N2O2/c1-16(2,13-7-4-3-5-8-13)12-18-15(19)17-11-14-9-6-10-20-14/h3-10H,11-12H2,1-2H3,(H2,17,18,19). The summed E-state index contributed by atoms with van der Waals surface area (Å²) in [5, 5.41) is 5.66. The normalized spacial score (nSPS) is 11.1. The van der Waals surface area contributed by atoms with Crippen LogP contribution in [-0.4, -0.2) is 12.6 Å². The molecule has 106 valence electrons. The summed E-state index contributed by atoms with van der Waals surface area (Å²) in [5.74, 6) is 0.738. The smallest absolute Gasteiger partial charge is 0.315 e. The first-order valence-electron chi connectivity index (χ1n) is 6.67. The van der Waals surface area contributed by atoms with E-state index in [1.54, 1.807) is 12.3 Å². The van der Waals surface area contributed by atoms with Gasteiger partial charge in [-0.25, -0.2) is 4.79 Å². The van der Waals surface area contributed by atoms with Gasteiger partial charge in [0.15, 0.2) is 0 Å². The summed E-state index contributed by atoms with van der Waals surface area (Å²) in [6.07, 6.45) is 1.59. The summed E-state index contributed by atoms with van der Waals surface area (Å²) in [6, 6.07) is 13.6. The molecule has 2 N–H and O–H groups in total. The Morgan fingerprint density at radius 2 is 1.85 bits per heavy atom. The highest BCUT2D eigenvalue weighted by atomic mass is 16.3. The number of nitrogens with one attached hydrogen (secondary N) is 2. The summed E-state index contributed by atoms with van der Waals surface area (Å²) in [7, 11) is 0. The van der Waals surface area contributed by atoms with E-state index in [0.29, 0.717) is 13.1 Å². The molecule has 0 fully saturated rings.